The minimum absolute atomic E-state index is 0.0245. The molecule has 2 amide bonds. The zero-order valence-electron chi connectivity index (χ0n) is 13.6. The van der Waals surface area contributed by atoms with Crippen LogP contribution in [0.15, 0.2) is 53.0 Å². The van der Waals surface area contributed by atoms with E-state index in [-0.39, 0.29) is 18.4 Å². The maximum Gasteiger partial charge on any atom is 0.260 e. The van der Waals surface area contributed by atoms with Crippen LogP contribution in [0.25, 0.3) is 0 Å². The van der Waals surface area contributed by atoms with Gasteiger partial charge in [-0.1, -0.05) is 34.1 Å². The molecule has 2 aromatic rings. The van der Waals surface area contributed by atoms with Crippen LogP contribution in [0.2, 0.25) is 0 Å². The highest BCUT2D eigenvalue weighted by Gasteiger charge is 2.11. The first-order valence-corrected chi connectivity index (χ1v) is 8.22. The molecule has 5 nitrogen and oxygen atoms in total. The van der Waals surface area contributed by atoms with Crippen LogP contribution in [0.4, 0.5) is 0 Å². The number of halogens is 1. The van der Waals surface area contributed by atoms with Crippen LogP contribution in [-0.4, -0.2) is 37.4 Å². The van der Waals surface area contributed by atoms with Gasteiger partial charge in [-0.3, -0.25) is 9.59 Å². The molecular formula is C18H19BrN2O3. The lowest BCUT2D eigenvalue weighted by atomic mass is 10.1. The Kier molecular flexibility index (Phi) is 6.37. The third-order valence-corrected chi connectivity index (χ3v) is 3.94. The third kappa shape index (κ3) is 5.09. The average molecular weight is 391 g/mol. The molecule has 2 rings (SSSR count). The molecule has 1 N–H and O–H groups in total. The van der Waals surface area contributed by atoms with Gasteiger partial charge in [0.15, 0.2) is 6.61 Å². The van der Waals surface area contributed by atoms with E-state index in [4.69, 9.17) is 4.74 Å². The first-order chi connectivity index (χ1) is 11.5. The van der Waals surface area contributed by atoms with Crippen LogP contribution in [0.1, 0.15) is 15.9 Å². The number of amides is 2. The molecule has 0 aliphatic rings. The standard InChI is InChI=1S/C18H19BrN2O3/c1-20-18(23)14-8-6-13(7-9-14)11-21(2)17(22)12-24-16-5-3-4-15(19)10-16/h3-10H,11-12H2,1-2H3,(H,20,23). The molecule has 0 saturated carbocycles. The van der Waals surface area contributed by atoms with Crippen molar-refractivity contribution in [2.24, 2.45) is 0 Å². The summed E-state index contributed by atoms with van der Waals surface area (Å²) in [7, 11) is 3.31. The molecule has 0 aromatic heterocycles. The van der Waals surface area contributed by atoms with Crippen molar-refractivity contribution < 1.29 is 14.3 Å². The first-order valence-electron chi connectivity index (χ1n) is 7.43. The quantitative estimate of drug-likeness (QED) is 0.824. The fraction of sp³-hybridized carbons (Fsp3) is 0.222. The maximum atomic E-state index is 12.2. The Morgan fingerprint density at radius 2 is 1.88 bits per heavy atom. The van der Waals surface area contributed by atoms with Crippen LogP contribution >= 0.6 is 15.9 Å². The van der Waals surface area contributed by atoms with Crippen molar-refractivity contribution in [3.63, 3.8) is 0 Å². The van der Waals surface area contributed by atoms with Gasteiger partial charge in [0, 0.05) is 30.7 Å². The maximum absolute atomic E-state index is 12.2. The van der Waals surface area contributed by atoms with E-state index < -0.39 is 0 Å². The molecule has 0 aliphatic heterocycles. The second-order valence-electron chi connectivity index (χ2n) is 5.27. The normalized spacial score (nSPS) is 10.1. The summed E-state index contributed by atoms with van der Waals surface area (Å²) in [6.07, 6.45) is 0. The van der Waals surface area contributed by atoms with Gasteiger partial charge in [0.05, 0.1) is 0 Å². The van der Waals surface area contributed by atoms with Crippen molar-refractivity contribution in [1.82, 2.24) is 10.2 Å². The second kappa shape index (κ2) is 8.49. The number of rotatable bonds is 6. The van der Waals surface area contributed by atoms with Crippen molar-refractivity contribution in [3.05, 3.63) is 64.1 Å². The Hall–Kier alpha value is -2.34. The van der Waals surface area contributed by atoms with Crippen LogP contribution < -0.4 is 10.1 Å². The van der Waals surface area contributed by atoms with Gasteiger partial charge in [-0.25, -0.2) is 0 Å². The Bertz CT molecular complexity index is 716. The lowest BCUT2D eigenvalue weighted by molar-refractivity contribution is -0.132. The van der Waals surface area contributed by atoms with Crippen molar-refractivity contribution in [2.75, 3.05) is 20.7 Å². The summed E-state index contributed by atoms with van der Waals surface area (Å²) >= 11 is 3.36. The minimum atomic E-state index is -0.131. The molecule has 0 heterocycles. The van der Waals surface area contributed by atoms with Crippen molar-refractivity contribution in [1.29, 1.82) is 0 Å². The van der Waals surface area contributed by atoms with Gasteiger partial charge in [0.2, 0.25) is 0 Å². The molecule has 24 heavy (non-hydrogen) atoms. The fourth-order valence-corrected chi connectivity index (χ4v) is 2.46. The van der Waals surface area contributed by atoms with E-state index >= 15 is 0 Å². The fourth-order valence-electron chi connectivity index (χ4n) is 2.08. The molecule has 0 radical (unpaired) electrons. The lowest BCUT2D eigenvalue weighted by Gasteiger charge is -2.18. The number of benzene rings is 2. The smallest absolute Gasteiger partial charge is 0.260 e. The molecule has 0 bridgehead atoms. The molecular weight excluding hydrogens is 372 g/mol. The summed E-state index contributed by atoms with van der Waals surface area (Å²) in [6, 6.07) is 14.5. The molecule has 0 fully saturated rings. The first kappa shape index (κ1) is 18.0. The predicted molar refractivity (Wildman–Crippen MR) is 95.9 cm³/mol. The lowest BCUT2D eigenvalue weighted by Crippen LogP contribution is -2.31. The van der Waals surface area contributed by atoms with Crippen LogP contribution in [0, 0.1) is 0 Å². The zero-order valence-corrected chi connectivity index (χ0v) is 15.2. The van der Waals surface area contributed by atoms with Gasteiger partial charge in [-0.2, -0.15) is 0 Å². The largest absolute Gasteiger partial charge is 0.484 e. The average Bonchev–Trinajstić information content (AvgIpc) is 2.59. The molecule has 0 spiro atoms. The van der Waals surface area contributed by atoms with Gasteiger partial charge >= 0.3 is 0 Å². The van der Waals surface area contributed by atoms with E-state index in [0.29, 0.717) is 17.9 Å². The number of likely N-dealkylation sites (N-methyl/N-ethyl adjacent to an activating group) is 1. The summed E-state index contributed by atoms with van der Waals surface area (Å²) in [5.41, 5.74) is 1.54. The number of hydrogen-bond acceptors (Lipinski definition) is 3. The zero-order chi connectivity index (χ0) is 17.5. The third-order valence-electron chi connectivity index (χ3n) is 3.45. The number of carbonyl (C=O) groups excluding carboxylic acids is 2. The summed E-state index contributed by atoms with van der Waals surface area (Å²) in [5, 5.41) is 2.57. The second-order valence-corrected chi connectivity index (χ2v) is 6.19. The van der Waals surface area contributed by atoms with E-state index in [0.717, 1.165) is 10.0 Å². The molecule has 0 unspecified atom stereocenters. The number of hydrogen-bond donors (Lipinski definition) is 1. The monoisotopic (exact) mass is 390 g/mol. The minimum Gasteiger partial charge on any atom is -0.484 e. The Morgan fingerprint density at radius 3 is 2.50 bits per heavy atom. The summed E-state index contributed by atoms with van der Waals surface area (Å²) in [5.74, 6) is 0.389. The highest BCUT2D eigenvalue weighted by Crippen LogP contribution is 2.17. The van der Waals surface area contributed by atoms with Gasteiger partial charge in [-0.05, 0) is 35.9 Å². The van der Waals surface area contributed by atoms with Crippen LogP contribution in [-0.2, 0) is 11.3 Å². The Labute approximate surface area is 149 Å². The number of nitrogens with one attached hydrogen (secondary N) is 1. The number of carbonyl (C=O) groups is 2. The number of ether oxygens (including phenoxy) is 1. The van der Waals surface area contributed by atoms with E-state index in [1.807, 2.05) is 30.3 Å². The molecule has 2 aromatic carbocycles. The van der Waals surface area contributed by atoms with Crippen LogP contribution in [0.3, 0.4) is 0 Å². The van der Waals surface area contributed by atoms with Gasteiger partial charge in [-0.15, -0.1) is 0 Å². The summed E-state index contributed by atoms with van der Waals surface area (Å²) in [6.45, 7) is 0.429. The van der Waals surface area contributed by atoms with E-state index in [2.05, 4.69) is 21.2 Å². The van der Waals surface area contributed by atoms with Gasteiger partial charge in [0.25, 0.3) is 11.8 Å². The highest BCUT2D eigenvalue weighted by atomic mass is 79.9. The molecule has 0 saturated heterocycles. The molecule has 0 atom stereocenters. The molecule has 6 heteroatoms. The summed E-state index contributed by atoms with van der Waals surface area (Å²) in [4.78, 5) is 25.2. The number of nitrogens with zero attached hydrogens (tertiary/aromatic N) is 1. The Balaban J connectivity index is 1.88. The van der Waals surface area contributed by atoms with E-state index in [1.165, 1.54) is 0 Å². The molecule has 126 valence electrons. The SMILES string of the molecule is CNC(=O)c1ccc(CN(C)C(=O)COc2cccc(Br)c2)cc1. The van der Waals surface area contributed by atoms with E-state index in [9.17, 15) is 9.59 Å². The highest BCUT2D eigenvalue weighted by molar-refractivity contribution is 9.10. The van der Waals surface area contributed by atoms with Crippen molar-refractivity contribution in [2.45, 2.75) is 6.54 Å². The predicted octanol–water partition coefficient (Wildman–Crippen LogP) is 2.85. The Morgan fingerprint density at radius 1 is 1.17 bits per heavy atom. The van der Waals surface area contributed by atoms with Crippen molar-refractivity contribution in [3.8, 4) is 5.75 Å². The summed E-state index contributed by atoms with van der Waals surface area (Å²) < 4.78 is 6.40. The van der Waals surface area contributed by atoms with Crippen molar-refractivity contribution >= 4 is 27.7 Å². The topological polar surface area (TPSA) is 58.6 Å². The van der Waals surface area contributed by atoms with E-state index in [1.54, 1.807) is 37.2 Å². The molecule has 0 aliphatic carbocycles. The van der Waals surface area contributed by atoms with Gasteiger partial charge < -0.3 is 15.0 Å². The van der Waals surface area contributed by atoms with Crippen LogP contribution in [0.5, 0.6) is 5.75 Å². The van der Waals surface area contributed by atoms with Gasteiger partial charge in [0.1, 0.15) is 5.75 Å².